The minimum Gasteiger partial charge on any atom is -0.511 e. The Kier molecular flexibility index (Phi) is 8.63. The van der Waals surface area contributed by atoms with Crippen LogP contribution in [0.15, 0.2) is 70.9 Å². The summed E-state index contributed by atoms with van der Waals surface area (Å²) in [5.74, 6) is -1.03. The lowest BCUT2D eigenvalue weighted by molar-refractivity contribution is -0.138. The summed E-state index contributed by atoms with van der Waals surface area (Å²) in [5, 5.41) is 10.1. The third-order valence-corrected chi connectivity index (χ3v) is 3.95. The van der Waals surface area contributed by atoms with Crippen molar-refractivity contribution in [3.63, 3.8) is 0 Å². The highest BCUT2D eigenvalue weighted by atomic mass is 16.5. The Morgan fingerprint density at radius 3 is 2.31 bits per heavy atom. The largest absolute Gasteiger partial charge is 0.511 e. The van der Waals surface area contributed by atoms with Gasteiger partial charge in [-0.3, -0.25) is 4.99 Å². The van der Waals surface area contributed by atoms with E-state index in [1.807, 2.05) is 13.0 Å². The summed E-state index contributed by atoms with van der Waals surface area (Å²) in [6.45, 7) is 3.96. The molecule has 1 N–H and O–H groups in total. The van der Waals surface area contributed by atoms with Crippen molar-refractivity contribution in [1.29, 1.82) is 0 Å². The van der Waals surface area contributed by atoms with Crippen LogP contribution >= 0.6 is 0 Å². The van der Waals surface area contributed by atoms with Crippen molar-refractivity contribution in [3.05, 3.63) is 77.1 Å². The fourth-order valence-electron chi connectivity index (χ4n) is 2.45. The van der Waals surface area contributed by atoms with E-state index in [-0.39, 0.29) is 30.5 Å². The summed E-state index contributed by atoms with van der Waals surface area (Å²) >= 11 is 0. The smallest absolute Gasteiger partial charge is 0.343 e. The Hall–Kier alpha value is -3.41. The number of hydrogen-bond acceptors (Lipinski definition) is 6. The van der Waals surface area contributed by atoms with Gasteiger partial charge in [0.25, 0.3) is 0 Å². The average molecular weight is 395 g/mol. The van der Waals surface area contributed by atoms with E-state index in [0.717, 1.165) is 5.56 Å². The minimum absolute atomic E-state index is 0.0425. The van der Waals surface area contributed by atoms with Crippen LogP contribution in [0.25, 0.3) is 0 Å². The molecule has 0 saturated carbocycles. The Morgan fingerprint density at radius 2 is 1.69 bits per heavy atom. The molecule has 2 aromatic rings. The van der Waals surface area contributed by atoms with Gasteiger partial charge in [-0.25, -0.2) is 9.59 Å². The van der Waals surface area contributed by atoms with Gasteiger partial charge in [-0.15, -0.1) is 0 Å². The third kappa shape index (κ3) is 6.92. The van der Waals surface area contributed by atoms with Gasteiger partial charge in [0, 0.05) is 12.6 Å². The number of hydrogen-bond donors (Lipinski definition) is 1. The lowest BCUT2D eigenvalue weighted by atomic mass is 10.1. The summed E-state index contributed by atoms with van der Waals surface area (Å²) < 4.78 is 10.3. The van der Waals surface area contributed by atoms with Crippen LogP contribution in [0.3, 0.4) is 0 Å². The van der Waals surface area contributed by atoms with Crippen LogP contribution in [0.4, 0.5) is 5.69 Å². The van der Waals surface area contributed by atoms with E-state index in [9.17, 15) is 14.7 Å². The summed E-state index contributed by atoms with van der Waals surface area (Å²) in [6.07, 6.45) is 2.37. The Morgan fingerprint density at radius 1 is 1.00 bits per heavy atom. The highest BCUT2D eigenvalue weighted by molar-refractivity contribution is 6.10. The second-order valence-corrected chi connectivity index (χ2v) is 6.20. The summed E-state index contributed by atoms with van der Waals surface area (Å²) in [6, 6.07) is 15.8. The van der Waals surface area contributed by atoms with Gasteiger partial charge in [0.05, 0.1) is 17.9 Å². The van der Waals surface area contributed by atoms with Crippen molar-refractivity contribution >= 4 is 23.8 Å². The van der Waals surface area contributed by atoms with Gasteiger partial charge in [0.2, 0.25) is 0 Å². The molecule has 0 atom stereocenters. The molecule has 6 nitrogen and oxygen atoms in total. The highest BCUT2D eigenvalue weighted by Gasteiger charge is 2.14. The summed E-state index contributed by atoms with van der Waals surface area (Å²) in [5.41, 5.74) is 1.95. The number of nitrogens with zero attached hydrogens (tertiary/aromatic N) is 1. The third-order valence-electron chi connectivity index (χ3n) is 3.95. The van der Waals surface area contributed by atoms with Gasteiger partial charge in [0.1, 0.15) is 17.9 Å². The van der Waals surface area contributed by atoms with Crippen LogP contribution in [0.5, 0.6) is 0 Å². The molecule has 29 heavy (non-hydrogen) atoms. The number of esters is 2. The molecule has 2 rings (SSSR count). The van der Waals surface area contributed by atoms with E-state index in [4.69, 9.17) is 9.47 Å². The maximum absolute atomic E-state index is 12.0. The normalized spacial score (nSPS) is 11.8. The predicted octanol–water partition coefficient (Wildman–Crippen LogP) is 4.92. The molecule has 152 valence electrons. The lowest BCUT2D eigenvalue weighted by Crippen LogP contribution is -2.11. The number of carbonyl (C=O) groups is 2. The quantitative estimate of drug-likeness (QED) is 0.282. The van der Waals surface area contributed by atoms with E-state index >= 15 is 0 Å². The first-order valence-corrected chi connectivity index (χ1v) is 9.49. The second-order valence-electron chi connectivity index (χ2n) is 6.20. The molecular weight excluding hydrogens is 370 g/mol. The molecular formula is C23H25NO5. The van der Waals surface area contributed by atoms with Crippen LogP contribution in [-0.4, -0.2) is 29.9 Å². The van der Waals surface area contributed by atoms with Crippen molar-refractivity contribution in [2.24, 2.45) is 4.99 Å². The molecule has 0 aliphatic rings. The molecule has 0 aromatic heterocycles. The van der Waals surface area contributed by atoms with Gasteiger partial charge in [-0.05, 0) is 43.2 Å². The van der Waals surface area contributed by atoms with Crippen LogP contribution in [0.2, 0.25) is 0 Å². The maximum Gasteiger partial charge on any atom is 0.343 e. The number of aliphatic hydroxyl groups excluding tert-OH is 1. The zero-order chi connectivity index (χ0) is 21.1. The molecule has 0 unspecified atom stereocenters. The van der Waals surface area contributed by atoms with Crippen molar-refractivity contribution in [1.82, 2.24) is 0 Å². The molecule has 0 aliphatic carbocycles. The second kappa shape index (κ2) is 11.4. The highest BCUT2D eigenvalue weighted by Crippen LogP contribution is 2.16. The molecule has 6 heteroatoms. The Bertz CT molecular complexity index is 870. The van der Waals surface area contributed by atoms with Gasteiger partial charge >= 0.3 is 11.9 Å². The van der Waals surface area contributed by atoms with Crippen molar-refractivity contribution in [2.45, 2.75) is 33.3 Å². The number of rotatable bonds is 9. The number of ether oxygens (including phenoxy) is 2. The molecule has 0 aliphatic heterocycles. The zero-order valence-electron chi connectivity index (χ0n) is 16.6. The zero-order valence-corrected chi connectivity index (χ0v) is 16.6. The van der Waals surface area contributed by atoms with Crippen LogP contribution in [0.1, 0.15) is 42.6 Å². The first-order valence-electron chi connectivity index (χ1n) is 9.49. The number of aliphatic imine (C=N–C) groups is 1. The summed E-state index contributed by atoms with van der Waals surface area (Å²) in [7, 11) is 0. The summed E-state index contributed by atoms with van der Waals surface area (Å²) in [4.78, 5) is 28.2. The standard InChI is InChI=1S/C23H25NO5/c1-3-8-21(25)20(23(27)28-4-2)15-24-19-13-11-17(12-14-19)16-29-22(26)18-9-6-5-7-10-18/h5-7,9-15,25H,3-4,8,16H2,1-2H3/b21-20-,24-15?. The number of benzene rings is 2. The predicted molar refractivity (Wildman–Crippen MR) is 111 cm³/mol. The van der Waals surface area contributed by atoms with Crippen LogP contribution < -0.4 is 0 Å². The number of allylic oxidation sites excluding steroid dienone is 1. The van der Waals surface area contributed by atoms with Gasteiger partial charge in [-0.1, -0.05) is 37.3 Å². The van der Waals surface area contributed by atoms with E-state index in [0.29, 0.717) is 24.1 Å². The van der Waals surface area contributed by atoms with Crippen molar-refractivity contribution in [3.8, 4) is 0 Å². The molecule has 0 saturated heterocycles. The number of aliphatic hydroxyl groups is 1. The lowest BCUT2D eigenvalue weighted by Gasteiger charge is -2.06. The van der Waals surface area contributed by atoms with Crippen molar-refractivity contribution < 1.29 is 24.2 Å². The van der Waals surface area contributed by atoms with Gasteiger partial charge in [-0.2, -0.15) is 0 Å². The Labute approximate surface area is 170 Å². The molecule has 0 bridgehead atoms. The SMILES string of the molecule is CCC/C(O)=C(\C=Nc1ccc(COC(=O)c2ccccc2)cc1)C(=O)OCC. The van der Waals surface area contributed by atoms with Gasteiger partial charge in [0.15, 0.2) is 0 Å². The molecule has 0 spiro atoms. The van der Waals surface area contributed by atoms with Crippen LogP contribution in [-0.2, 0) is 20.9 Å². The van der Waals surface area contributed by atoms with E-state index in [2.05, 4.69) is 4.99 Å². The van der Waals surface area contributed by atoms with E-state index < -0.39 is 5.97 Å². The molecule has 0 radical (unpaired) electrons. The first-order chi connectivity index (χ1) is 14.0. The van der Waals surface area contributed by atoms with E-state index in [1.54, 1.807) is 55.5 Å². The van der Waals surface area contributed by atoms with Gasteiger partial charge < -0.3 is 14.6 Å². The molecule has 0 fully saturated rings. The Balaban J connectivity index is 2.02. The average Bonchev–Trinajstić information content (AvgIpc) is 2.74. The first kappa shape index (κ1) is 21.9. The fraction of sp³-hybridized carbons (Fsp3) is 0.261. The minimum atomic E-state index is -0.605. The fourth-order valence-corrected chi connectivity index (χ4v) is 2.45. The molecule has 2 aromatic carbocycles. The number of carbonyl (C=O) groups excluding carboxylic acids is 2. The van der Waals surface area contributed by atoms with Crippen LogP contribution in [0, 0.1) is 0 Å². The molecule has 0 amide bonds. The molecule has 0 heterocycles. The topological polar surface area (TPSA) is 85.2 Å². The monoisotopic (exact) mass is 395 g/mol. The van der Waals surface area contributed by atoms with Crippen molar-refractivity contribution in [2.75, 3.05) is 6.61 Å². The van der Waals surface area contributed by atoms with E-state index in [1.165, 1.54) is 6.21 Å². The maximum atomic E-state index is 12.0.